The first-order chi connectivity index (χ1) is 5.65. The second-order valence-electron chi connectivity index (χ2n) is 2.51. The van der Waals surface area contributed by atoms with E-state index in [2.05, 4.69) is 0 Å². The molecular formula is C8H16NO3. The summed E-state index contributed by atoms with van der Waals surface area (Å²) < 4.78 is 10.3. The van der Waals surface area contributed by atoms with Crippen molar-refractivity contribution in [1.82, 2.24) is 4.90 Å². The number of hydrogen-bond acceptors (Lipinski definition) is 3. The highest BCUT2D eigenvalue weighted by molar-refractivity contribution is 5.47. The molecule has 1 radical (unpaired) electrons. The number of amides is 1. The molecule has 0 spiro atoms. The molecule has 4 nitrogen and oxygen atoms in total. The zero-order valence-electron chi connectivity index (χ0n) is 8.03. The van der Waals surface area contributed by atoms with Gasteiger partial charge >= 0.3 is 6.41 Å². The number of rotatable bonds is 6. The zero-order chi connectivity index (χ0) is 9.56. The smallest absolute Gasteiger partial charge is 0.313 e. The molecule has 1 amide bonds. The standard InChI is InChI=1S/C8H16NO3/c1-5-8(11-4)12-7(2)9(3)6-10/h7-8H,5H2,1-4H3. The first-order valence-corrected chi connectivity index (χ1v) is 3.94. The number of ether oxygens (including phenoxy) is 2. The van der Waals surface area contributed by atoms with Crippen LogP contribution in [0.25, 0.3) is 0 Å². The minimum Gasteiger partial charge on any atom is -0.356 e. The van der Waals surface area contributed by atoms with E-state index in [0.717, 1.165) is 6.42 Å². The van der Waals surface area contributed by atoms with E-state index in [1.54, 1.807) is 27.5 Å². The van der Waals surface area contributed by atoms with Crippen LogP contribution in [0.15, 0.2) is 0 Å². The molecule has 2 unspecified atom stereocenters. The fourth-order valence-electron chi connectivity index (χ4n) is 0.704. The fraction of sp³-hybridized carbons (Fsp3) is 0.875. The Balaban J connectivity index is 3.79. The molecule has 0 saturated carbocycles. The summed E-state index contributed by atoms with van der Waals surface area (Å²) in [6.07, 6.45) is 1.93. The minimum absolute atomic E-state index is 0.254. The highest BCUT2D eigenvalue weighted by atomic mass is 16.7. The molecular weight excluding hydrogens is 158 g/mol. The lowest BCUT2D eigenvalue weighted by Crippen LogP contribution is -2.34. The molecule has 0 aromatic heterocycles. The Bertz CT molecular complexity index is 125. The van der Waals surface area contributed by atoms with E-state index in [1.165, 1.54) is 4.90 Å². The van der Waals surface area contributed by atoms with Gasteiger partial charge in [-0.25, -0.2) is 0 Å². The van der Waals surface area contributed by atoms with Gasteiger partial charge in [0.05, 0.1) is 0 Å². The lowest BCUT2D eigenvalue weighted by Gasteiger charge is -2.24. The van der Waals surface area contributed by atoms with Crippen molar-refractivity contribution < 1.29 is 14.3 Å². The monoisotopic (exact) mass is 174 g/mol. The maximum absolute atomic E-state index is 10.2. The molecule has 0 rings (SSSR count). The van der Waals surface area contributed by atoms with E-state index < -0.39 is 0 Å². The van der Waals surface area contributed by atoms with Crippen molar-refractivity contribution in [2.45, 2.75) is 32.8 Å². The topological polar surface area (TPSA) is 38.8 Å². The number of hydrogen-bond donors (Lipinski definition) is 0. The van der Waals surface area contributed by atoms with Crippen LogP contribution in [0.1, 0.15) is 20.3 Å². The van der Waals surface area contributed by atoms with Gasteiger partial charge in [-0.05, 0) is 13.3 Å². The normalized spacial score (nSPS) is 15.3. The summed E-state index contributed by atoms with van der Waals surface area (Å²) >= 11 is 0. The molecule has 0 aliphatic rings. The highest BCUT2D eigenvalue weighted by Crippen LogP contribution is 2.04. The van der Waals surface area contributed by atoms with Gasteiger partial charge in [-0.3, -0.25) is 4.79 Å². The second-order valence-corrected chi connectivity index (χ2v) is 2.51. The lowest BCUT2D eigenvalue weighted by molar-refractivity contribution is -0.176. The lowest BCUT2D eigenvalue weighted by atomic mass is 10.4. The molecule has 0 bridgehead atoms. The van der Waals surface area contributed by atoms with Gasteiger partial charge in [0.1, 0.15) is 6.23 Å². The third-order valence-corrected chi connectivity index (χ3v) is 1.63. The van der Waals surface area contributed by atoms with Gasteiger partial charge in [0.2, 0.25) is 0 Å². The number of methoxy groups -OCH3 is 1. The maximum atomic E-state index is 10.2. The van der Waals surface area contributed by atoms with Crippen LogP contribution in [-0.2, 0) is 14.3 Å². The molecule has 0 aromatic carbocycles. The van der Waals surface area contributed by atoms with Crippen molar-refractivity contribution in [2.24, 2.45) is 0 Å². The first kappa shape index (κ1) is 11.4. The van der Waals surface area contributed by atoms with Gasteiger partial charge in [0.25, 0.3) is 0 Å². The summed E-state index contributed by atoms with van der Waals surface area (Å²) in [5.41, 5.74) is 0. The Kier molecular flexibility index (Phi) is 5.66. The number of carbonyl (C=O) groups excluding carboxylic acids is 1. The highest BCUT2D eigenvalue weighted by Gasteiger charge is 2.13. The predicted octanol–water partition coefficient (Wildman–Crippen LogP) is 0.730. The Morgan fingerprint density at radius 1 is 1.58 bits per heavy atom. The molecule has 0 heterocycles. The van der Waals surface area contributed by atoms with E-state index >= 15 is 0 Å². The fourth-order valence-corrected chi connectivity index (χ4v) is 0.704. The molecule has 2 atom stereocenters. The van der Waals surface area contributed by atoms with Gasteiger partial charge in [-0.2, -0.15) is 0 Å². The van der Waals surface area contributed by atoms with Gasteiger partial charge in [-0.15, -0.1) is 0 Å². The third kappa shape index (κ3) is 3.69. The molecule has 12 heavy (non-hydrogen) atoms. The summed E-state index contributed by atoms with van der Waals surface area (Å²) in [5, 5.41) is 0. The van der Waals surface area contributed by atoms with Crippen LogP contribution < -0.4 is 0 Å². The van der Waals surface area contributed by atoms with Crippen LogP contribution in [-0.4, -0.2) is 38.0 Å². The Hall–Kier alpha value is -0.610. The summed E-state index contributed by atoms with van der Waals surface area (Å²) in [4.78, 5) is 11.5. The first-order valence-electron chi connectivity index (χ1n) is 3.94. The van der Waals surface area contributed by atoms with Crippen molar-refractivity contribution in [3.63, 3.8) is 0 Å². The van der Waals surface area contributed by atoms with Crippen molar-refractivity contribution in [1.29, 1.82) is 0 Å². The maximum Gasteiger partial charge on any atom is 0.313 e. The van der Waals surface area contributed by atoms with E-state index in [0.29, 0.717) is 0 Å². The molecule has 0 aromatic rings. The van der Waals surface area contributed by atoms with Crippen LogP contribution >= 0.6 is 0 Å². The molecule has 4 heteroatoms. The van der Waals surface area contributed by atoms with Gasteiger partial charge in [0, 0.05) is 14.2 Å². The van der Waals surface area contributed by atoms with Crippen LogP contribution in [0.4, 0.5) is 0 Å². The zero-order valence-corrected chi connectivity index (χ0v) is 8.03. The number of nitrogens with zero attached hydrogens (tertiary/aromatic N) is 1. The van der Waals surface area contributed by atoms with Crippen molar-refractivity contribution in [3.05, 3.63) is 0 Å². The Morgan fingerprint density at radius 2 is 2.17 bits per heavy atom. The Labute approximate surface area is 73.4 Å². The summed E-state index contributed by atoms with van der Waals surface area (Å²) in [6.45, 7) is 3.72. The van der Waals surface area contributed by atoms with Crippen LogP contribution in [0.5, 0.6) is 0 Å². The molecule has 71 valence electrons. The summed E-state index contributed by atoms with van der Waals surface area (Å²) in [7, 11) is 3.19. The molecule has 0 N–H and O–H groups in total. The van der Waals surface area contributed by atoms with Gasteiger partial charge < -0.3 is 14.4 Å². The van der Waals surface area contributed by atoms with Crippen LogP contribution in [0.2, 0.25) is 0 Å². The van der Waals surface area contributed by atoms with Crippen molar-refractivity contribution in [3.8, 4) is 0 Å². The van der Waals surface area contributed by atoms with E-state index in [1.807, 2.05) is 6.92 Å². The quantitative estimate of drug-likeness (QED) is 0.440. The minimum atomic E-state index is -0.299. The Morgan fingerprint density at radius 3 is 2.50 bits per heavy atom. The van der Waals surface area contributed by atoms with Crippen molar-refractivity contribution >= 4 is 6.41 Å². The molecule has 0 fully saturated rings. The molecule has 0 aliphatic carbocycles. The predicted molar refractivity (Wildman–Crippen MR) is 45.1 cm³/mol. The van der Waals surface area contributed by atoms with Gasteiger partial charge in [0.15, 0.2) is 6.29 Å². The average Bonchev–Trinajstić information content (AvgIpc) is 2.12. The summed E-state index contributed by atoms with van der Waals surface area (Å²) in [6, 6.07) is 0. The van der Waals surface area contributed by atoms with E-state index in [9.17, 15) is 4.79 Å². The van der Waals surface area contributed by atoms with Crippen molar-refractivity contribution in [2.75, 3.05) is 14.2 Å². The average molecular weight is 174 g/mol. The third-order valence-electron chi connectivity index (χ3n) is 1.63. The van der Waals surface area contributed by atoms with E-state index in [-0.39, 0.29) is 12.5 Å². The second kappa shape index (κ2) is 5.97. The SMILES string of the molecule is CCC(OC)OC(C)N(C)[C]=O. The molecule has 0 saturated heterocycles. The van der Waals surface area contributed by atoms with Crippen LogP contribution in [0.3, 0.4) is 0 Å². The van der Waals surface area contributed by atoms with Crippen LogP contribution in [0, 0.1) is 0 Å². The molecule has 0 aliphatic heterocycles. The van der Waals surface area contributed by atoms with Gasteiger partial charge in [-0.1, -0.05) is 6.92 Å². The van der Waals surface area contributed by atoms with E-state index in [4.69, 9.17) is 9.47 Å². The largest absolute Gasteiger partial charge is 0.356 e. The summed E-state index contributed by atoms with van der Waals surface area (Å²) in [5.74, 6) is 0.